The molecule has 0 radical (unpaired) electrons. The molecule has 3 nitrogen and oxygen atoms in total. The fourth-order valence-corrected chi connectivity index (χ4v) is 3.18. The lowest BCUT2D eigenvalue weighted by Gasteiger charge is -2.28. The lowest BCUT2D eigenvalue weighted by atomic mass is 10.0. The summed E-state index contributed by atoms with van der Waals surface area (Å²) in [5.41, 5.74) is 1.19. The van der Waals surface area contributed by atoms with Gasteiger partial charge in [0.1, 0.15) is 5.75 Å². The van der Waals surface area contributed by atoms with Gasteiger partial charge in [-0.3, -0.25) is 4.79 Å². The molecule has 1 aliphatic rings. The minimum Gasteiger partial charge on any atom is -0.481 e. The number of carbonyl (C=O) groups is 1. The monoisotopic (exact) mass is 329 g/mol. The number of hydrogen-bond donors (Lipinski definition) is 0. The van der Waals surface area contributed by atoms with Crippen molar-refractivity contribution in [3.8, 4) is 5.75 Å². The van der Waals surface area contributed by atoms with Crippen LogP contribution in [0.2, 0.25) is 5.02 Å². The zero-order chi connectivity index (χ0) is 16.2. The molecule has 3 rings (SSSR count). The molecule has 0 N–H and O–H groups in total. The number of likely N-dealkylation sites (tertiary alicyclic amines) is 1. The second kappa shape index (κ2) is 7.05. The van der Waals surface area contributed by atoms with Gasteiger partial charge in [-0.05, 0) is 49.6 Å². The van der Waals surface area contributed by atoms with E-state index >= 15 is 0 Å². The highest BCUT2D eigenvalue weighted by Gasteiger charge is 2.33. The maximum Gasteiger partial charge on any atom is 0.263 e. The van der Waals surface area contributed by atoms with Gasteiger partial charge in [0.15, 0.2) is 6.10 Å². The molecule has 0 aliphatic carbocycles. The zero-order valence-corrected chi connectivity index (χ0v) is 13.9. The highest BCUT2D eigenvalue weighted by atomic mass is 35.5. The summed E-state index contributed by atoms with van der Waals surface area (Å²) in [4.78, 5) is 14.7. The topological polar surface area (TPSA) is 29.5 Å². The minimum absolute atomic E-state index is 0.0336. The molecule has 0 saturated carbocycles. The Hall–Kier alpha value is -2.00. The number of ether oxygens (including phenoxy) is 1. The van der Waals surface area contributed by atoms with Gasteiger partial charge in [-0.2, -0.15) is 0 Å². The van der Waals surface area contributed by atoms with Gasteiger partial charge >= 0.3 is 0 Å². The molecule has 120 valence electrons. The Labute approximate surface area is 141 Å². The lowest BCUT2D eigenvalue weighted by Crippen LogP contribution is -2.40. The van der Waals surface area contributed by atoms with Gasteiger partial charge in [0.25, 0.3) is 5.91 Å². The summed E-state index contributed by atoms with van der Waals surface area (Å²) in [6.45, 7) is 2.59. The third kappa shape index (κ3) is 3.67. The predicted molar refractivity (Wildman–Crippen MR) is 91.7 cm³/mol. The molecule has 1 fully saturated rings. The summed E-state index contributed by atoms with van der Waals surface area (Å²) in [6, 6.07) is 17.4. The fraction of sp³-hybridized carbons (Fsp3) is 0.316. The van der Waals surface area contributed by atoms with E-state index in [2.05, 4.69) is 12.1 Å². The highest BCUT2D eigenvalue weighted by molar-refractivity contribution is 6.30. The summed E-state index contributed by atoms with van der Waals surface area (Å²) < 4.78 is 5.78. The maximum absolute atomic E-state index is 12.8. The number of carbonyl (C=O) groups excluding carboxylic acids is 1. The van der Waals surface area contributed by atoms with Crippen LogP contribution in [0.25, 0.3) is 0 Å². The Morgan fingerprint density at radius 3 is 2.57 bits per heavy atom. The maximum atomic E-state index is 12.8. The van der Waals surface area contributed by atoms with E-state index in [1.54, 1.807) is 31.2 Å². The average molecular weight is 330 g/mol. The van der Waals surface area contributed by atoms with E-state index in [4.69, 9.17) is 16.3 Å². The molecule has 2 unspecified atom stereocenters. The van der Waals surface area contributed by atoms with Crippen LogP contribution >= 0.6 is 11.6 Å². The van der Waals surface area contributed by atoms with Crippen LogP contribution in [-0.2, 0) is 4.79 Å². The first-order chi connectivity index (χ1) is 11.1. The van der Waals surface area contributed by atoms with Crippen molar-refractivity contribution in [2.75, 3.05) is 6.54 Å². The molecule has 0 spiro atoms. The van der Waals surface area contributed by atoms with Gasteiger partial charge in [0, 0.05) is 11.6 Å². The zero-order valence-electron chi connectivity index (χ0n) is 13.1. The summed E-state index contributed by atoms with van der Waals surface area (Å²) in [5.74, 6) is 0.692. The molecule has 1 aliphatic heterocycles. The fourth-order valence-electron chi connectivity index (χ4n) is 3.05. The summed E-state index contributed by atoms with van der Waals surface area (Å²) in [5, 5.41) is 0.653. The Morgan fingerprint density at radius 2 is 1.87 bits per heavy atom. The molecular formula is C19H20ClNO2. The first-order valence-corrected chi connectivity index (χ1v) is 8.30. The third-order valence-electron chi connectivity index (χ3n) is 4.19. The summed E-state index contributed by atoms with van der Waals surface area (Å²) in [6.07, 6.45) is 1.52. The van der Waals surface area contributed by atoms with E-state index in [9.17, 15) is 4.79 Å². The molecule has 2 atom stereocenters. The van der Waals surface area contributed by atoms with Crippen molar-refractivity contribution in [1.82, 2.24) is 4.90 Å². The largest absolute Gasteiger partial charge is 0.481 e. The molecule has 1 saturated heterocycles. The lowest BCUT2D eigenvalue weighted by molar-refractivity contribution is -0.138. The van der Waals surface area contributed by atoms with Crippen molar-refractivity contribution < 1.29 is 9.53 Å². The quantitative estimate of drug-likeness (QED) is 0.828. The molecule has 1 heterocycles. The second-order valence-corrected chi connectivity index (χ2v) is 6.25. The molecule has 23 heavy (non-hydrogen) atoms. The number of nitrogens with zero attached hydrogens (tertiary/aromatic N) is 1. The smallest absolute Gasteiger partial charge is 0.263 e. The summed E-state index contributed by atoms with van der Waals surface area (Å²) >= 11 is 5.87. The molecule has 2 aromatic carbocycles. The van der Waals surface area contributed by atoms with Crippen LogP contribution in [0, 0.1) is 0 Å². The highest BCUT2D eigenvalue weighted by Crippen LogP contribution is 2.32. The molecule has 2 aromatic rings. The van der Waals surface area contributed by atoms with E-state index in [0.717, 1.165) is 19.4 Å². The first kappa shape index (κ1) is 15.9. The third-order valence-corrected chi connectivity index (χ3v) is 4.45. The van der Waals surface area contributed by atoms with Crippen molar-refractivity contribution in [1.29, 1.82) is 0 Å². The van der Waals surface area contributed by atoms with Crippen molar-refractivity contribution >= 4 is 17.5 Å². The van der Waals surface area contributed by atoms with Crippen LogP contribution in [0.15, 0.2) is 54.6 Å². The Bertz CT molecular complexity index is 657. The van der Waals surface area contributed by atoms with E-state index in [-0.39, 0.29) is 11.9 Å². The molecule has 1 amide bonds. The van der Waals surface area contributed by atoms with E-state index in [1.165, 1.54) is 5.56 Å². The van der Waals surface area contributed by atoms with Crippen molar-refractivity contribution in [3.05, 3.63) is 65.2 Å². The standard InChI is InChI=1S/C19H20ClNO2/c1-14(23-17-11-9-16(20)10-12-17)19(22)21-13-5-8-18(21)15-6-3-2-4-7-15/h2-4,6-7,9-12,14,18H,5,8,13H2,1H3. The Morgan fingerprint density at radius 1 is 1.17 bits per heavy atom. The van der Waals surface area contributed by atoms with Gasteiger partial charge < -0.3 is 9.64 Å². The van der Waals surface area contributed by atoms with Crippen LogP contribution in [-0.4, -0.2) is 23.5 Å². The van der Waals surface area contributed by atoms with Gasteiger partial charge in [0.05, 0.1) is 6.04 Å². The average Bonchev–Trinajstić information content (AvgIpc) is 3.06. The van der Waals surface area contributed by atoms with Crippen LogP contribution in [0.1, 0.15) is 31.4 Å². The number of hydrogen-bond acceptors (Lipinski definition) is 2. The van der Waals surface area contributed by atoms with Gasteiger partial charge in [-0.1, -0.05) is 41.9 Å². The van der Waals surface area contributed by atoms with Gasteiger partial charge in [0.2, 0.25) is 0 Å². The van der Waals surface area contributed by atoms with E-state index < -0.39 is 6.10 Å². The van der Waals surface area contributed by atoms with Gasteiger partial charge in [-0.15, -0.1) is 0 Å². The van der Waals surface area contributed by atoms with E-state index in [0.29, 0.717) is 10.8 Å². The number of rotatable bonds is 4. The van der Waals surface area contributed by atoms with Crippen LogP contribution in [0.5, 0.6) is 5.75 Å². The molecule has 0 bridgehead atoms. The molecular weight excluding hydrogens is 310 g/mol. The van der Waals surface area contributed by atoms with Crippen molar-refractivity contribution in [3.63, 3.8) is 0 Å². The SMILES string of the molecule is CC(Oc1ccc(Cl)cc1)C(=O)N1CCCC1c1ccccc1. The Balaban J connectivity index is 1.70. The first-order valence-electron chi connectivity index (χ1n) is 7.93. The van der Waals surface area contributed by atoms with Crippen LogP contribution in [0.3, 0.4) is 0 Å². The normalized spacial score (nSPS) is 18.7. The van der Waals surface area contributed by atoms with E-state index in [1.807, 2.05) is 23.1 Å². The minimum atomic E-state index is -0.513. The number of amides is 1. The van der Waals surface area contributed by atoms with Crippen molar-refractivity contribution in [2.45, 2.75) is 31.9 Å². The van der Waals surface area contributed by atoms with Crippen LogP contribution < -0.4 is 4.74 Å². The van der Waals surface area contributed by atoms with Gasteiger partial charge in [-0.25, -0.2) is 0 Å². The predicted octanol–water partition coefficient (Wildman–Crippen LogP) is 4.47. The molecule has 0 aromatic heterocycles. The second-order valence-electron chi connectivity index (χ2n) is 5.81. The summed E-state index contributed by atoms with van der Waals surface area (Å²) in [7, 11) is 0. The number of benzene rings is 2. The number of halogens is 1. The Kier molecular flexibility index (Phi) is 4.87. The van der Waals surface area contributed by atoms with Crippen molar-refractivity contribution in [2.24, 2.45) is 0 Å². The molecule has 4 heteroatoms. The van der Waals surface area contributed by atoms with Crippen LogP contribution in [0.4, 0.5) is 0 Å².